The van der Waals surface area contributed by atoms with Crippen LogP contribution in [0.15, 0.2) is 12.1 Å². The minimum Gasteiger partial charge on any atom is -0.364 e. The molecule has 0 aromatic carbocycles. The molecule has 0 atom stereocenters. The number of amides is 1. The fourth-order valence-electron chi connectivity index (χ4n) is 2.57. The van der Waals surface area contributed by atoms with Gasteiger partial charge >= 0.3 is 0 Å². The lowest BCUT2D eigenvalue weighted by Crippen LogP contribution is -2.36. The van der Waals surface area contributed by atoms with Crippen LogP contribution in [0.3, 0.4) is 0 Å². The second kappa shape index (κ2) is 6.47. The van der Waals surface area contributed by atoms with E-state index in [1.54, 1.807) is 6.07 Å². The highest BCUT2D eigenvalue weighted by Crippen LogP contribution is 2.26. The zero-order valence-corrected chi connectivity index (χ0v) is 11.1. The van der Waals surface area contributed by atoms with E-state index in [2.05, 4.69) is 15.1 Å². The summed E-state index contributed by atoms with van der Waals surface area (Å²) in [5.41, 5.74) is 11.0. The Kier molecular flexibility index (Phi) is 4.68. The molecule has 19 heavy (non-hydrogen) atoms. The van der Waals surface area contributed by atoms with Crippen LogP contribution in [0.5, 0.6) is 0 Å². The van der Waals surface area contributed by atoms with E-state index < -0.39 is 5.91 Å². The Labute approximate surface area is 113 Å². The Balaban J connectivity index is 2.14. The van der Waals surface area contributed by atoms with Crippen molar-refractivity contribution in [1.82, 2.24) is 10.2 Å². The van der Waals surface area contributed by atoms with Crippen molar-refractivity contribution in [2.75, 3.05) is 18.0 Å². The molecule has 1 fully saturated rings. The lowest BCUT2D eigenvalue weighted by Gasteiger charge is -2.29. The van der Waals surface area contributed by atoms with Crippen molar-refractivity contribution < 1.29 is 4.79 Å². The topological polar surface area (TPSA) is 98.1 Å². The van der Waals surface area contributed by atoms with E-state index in [0.29, 0.717) is 12.6 Å². The summed E-state index contributed by atoms with van der Waals surface area (Å²) in [6, 6.07) is 3.97. The maximum Gasteiger partial charge on any atom is 0.269 e. The molecule has 1 amide bonds. The van der Waals surface area contributed by atoms with Crippen molar-refractivity contribution >= 4 is 11.7 Å². The Morgan fingerprint density at radius 1 is 1.32 bits per heavy atom. The lowest BCUT2D eigenvalue weighted by molar-refractivity contribution is 0.0994. The second-order valence-corrected chi connectivity index (χ2v) is 4.91. The van der Waals surface area contributed by atoms with Gasteiger partial charge in [-0.25, -0.2) is 0 Å². The summed E-state index contributed by atoms with van der Waals surface area (Å²) in [5.74, 6) is 0.263. The molecule has 4 N–H and O–H groups in total. The third-order valence-electron chi connectivity index (χ3n) is 3.57. The highest BCUT2D eigenvalue weighted by Gasteiger charge is 2.23. The van der Waals surface area contributed by atoms with E-state index in [-0.39, 0.29) is 5.69 Å². The third kappa shape index (κ3) is 3.41. The molecular weight excluding hydrogens is 242 g/mol. The van der Waals surface area contributed by atoms with Crippen LogP contribution in [0.2, 0.25) is 0 Å². The van der Waals surface area contributed by atoms with Gasteiger partial charge in [-0.15, -0.1) is 10.2 Å². The maximum atomic E-state index is 11.0. The molecule has 1 aliphatic rings. The molecule has 104 valence electrons. The van der Waals surface area contributed by atoms with Crippen LogP contribution in [0.1, 0.15) is 42.6 Å². The zero-order valence-electron chi connectivity index (χ0n) is 11.1. The van der Waals surface area contributed by atoms with Crippen LogP contribution in [0, 0.1) is 0 Å². The van der Waals surface area contributed by atoms with E-state index in [4.69, 9.17) is 11.5 Å². The van der Waals surface area contributed by atoms with Gasteiger partial charge in [-0.2, -0.15) is 0 Å². The second-order valence-electron chi connectivity index (χ2n) is 4.91. The Morgan fingerprint density at radius 2 is 2.05 bits per heavy atom. The SMILES string of the molecule is NCCCN(c1ccc(C(N)=O)nn1)C1CCCC1. The highest BCUT2D eigenvalue weighted by atomic mass is 16.1. The third-order valence-corrected chi connectivity index (χ3v) is 3.57. The monoisotopic (exact) mass is 263 g/mol. The van der Waals surface area contributed by atoms with Crippen molar-refractivity contribution in [2.45, 2.75) is 38.1 Å². The molecule has 0 aliphatic heterocycles. The van der Waals surface area contributed by atoms with Gasteiger partial charge in [-0.3, -0.25) is 4.79 Å². The van der Waals surface area contributed by atoms with Crippen molar-refractivity contribution in [3.8, 4) is 0 Å². The minimum atomic E-state index is -0.548. The normalized spacial score (nSPS) is 15.6. The van der Waals surface area contributed by atoms with Crippen molar-refractivity contribution in [1.29, 1.82) is 0 Å². The zero-order chi connectivity index (χ0) is 13.7. The van der Waals surface area contributed by atoms with Crippen LogP contribution >= 0.6 is 0 Å². The Hall–Kier alpha value is -1.69. The first-order valence-electron chi connectivity index (χ1n) is 6.82. The quantitative estimate of drug-likeness (QED) is 0.786. The molecule has 0 bridgehead atoms. The molecule has 6 heteroatoms. The number of nitrogens with zero attached hydrogens (tertiary/aromatic N) is 3. The molecule has 0 unspecified atom stereocenters. The largest absolute Gasteiger partial charge is 0.364 e. The summed E-state index contributed by atoms with van der Waals surface area (Å²) >= 11 is 0. The van der Waals surface area contributed by atoms with E-state index in [1.165, 1.54) is 25.7 Å². The number of carbonyl (C=O) groups is 1. The van der Waals surface area contributed by atoms with E-state index in [9.17, 15) is 4.79 Å². The van der Waals surface area contributed by atoms with Crippen LogP contribution in [-0.2, 0) is 0 Å². The fourth-order valence-corrected chi connectivity index (χ4v) is 2.57. The Morgan fingerprint density at radius 3 is 2.58 bits per heavy atom. The van der Waals surface area contributed by atoms with E-state index in [0.717, 1.165) is 18.8 Å². The molecule has 1 aromatic heterocycles. The number of aromatic nitrogens is 2. The predicted octanol–water partition coefficient (Wildman–Crippen LogP) is 0.673. The number of nitrogens with two attached hydrogens (primary N) is 2. The highest BCUT2D eigenvalue weighted by molar-refractivity contribution is 5.90. The summed E-state index contributed by atoms with van der Waals surface area (Å²) in [6.07, 6.45) is 5.82. The number of carbonyl (C=O) groups excluding carboxylic acids is 1. The number of hydrogen-bond donors (Lipinski definition) is 2. The first-order valence-corrected chi connectivity index (χ1v) is 6.82. The first-order chi connectivity index (χ1) is 9.22. The van der Waals surface area contributed by atoms with Crippen LogP contribution < -0.4 is 16.4 Å². The van der Waals surface area contributed by atoms with Crippen LogP contribution in [0.4, 0.5) is 5.82 Å². The van der Waals surface area contributed by atoms with Gasteiger partial charge in [0.1, 0.15) is 0 Å². The molecule has 1 aliphatic carbocycles. The van der Waals surface area contributed by atoms with Gasteiger partial charge in [0.25, 0.3) is 5.91 Å². The van der Waals surface area contributed by atoms with Gasteiger partial charge in [0.2, 0.25) is 0 Å². The predicted molar refractivity (Wildman–Crippen MR) is 73.8 cm³/mol. The van der Waals surface area contributed by atoms with Crippen molar-refractivity contribution in [2.24, 2.45) is 11.5 Å². The van der Waals surface area contributed by atoms with Gasteiger partial charge in [-0.05, 0) is 37.9 Å². The van der Waals surface area contributed by atoms with Crippen LogP contribution in [0.25, 0.3) is 0 Å². The smallest absolute Gasteiger partial charge is 0.269 e. The minimum absolute atomic E-state index is 0.203. The van der Waals surface area contributed by atoms with Gasteiger partial charge in [0.05, 0.1) is 0 Å². The fraction of sp³-hybridized carbons (Fsp3) is 0.615. The Bertz CT molecular complexity index is 414. The van der Waals surface area contributed by atoms with E-state index in [1.807, 2.05) is 6.07 Å². The summed E-state index contributed by atoms with van der Waals surface area (Å²) < 4.78 is 0. The average Bonchev–Trinajstić information content (AvgIpc) is 2.94. The molecule has 2 rings (SSSR count). The van der Waals surface area contributed by atoms with Gasteiger partial charge < -0.3 is 16.4 Å². The average molecular weight is 263 g/mol. The molecule has 0 spiro atoms. The number of anilines is 1. The number of primary amides is 1. The summed E-state index contributed by atoms with van der Waals surface area (Å²) in [4.78, 5) is 13.3. The van der Waals surface area contributed by atoms with Gasteiger partial charge in [-0.1, -0.05) is 12.8 Å². The molecule has 1 aromatic rings. The molecular formula is C13H21N5O. The summed E-state index contributed by atoms with van der Waals surface area (Å²) in [6.45, 7) is 1.54. The number of rotatable bonds is 6. The first kappa shape index (κ1) is 13.7. The summed E-state index contributed by atoms with van der Waals surface area (Å²) in [5, 5.41) is 8.01. The molecule has 0 radical (unpaired) electrons. The molecule has 1 heterocycles. The maximum absolute atomic E-state index is 11.0. The molecule has 0 saturated heterocycles. The van der Waals surface area contributed by atoms with Gasteiger partial charge in [0, 0.05) is 12.6 Å². The number of hydrogen-bond acceptors (Lipinski definition) is 5. The molecule has 1 saturated carbocycles. The van der Waals surface area contributed by atoms with Gasteiger partial charge in [0.15, 0.2) is 11.5 Å². The van der Waals surface area contributed by atoms with Crippen molar-refractivity contribution in [3.05, 3.63) is 17.8 Å². The van der Waals surface area contributed by atoms with E-state index >= 15 is 0 Å². The molecule has 6 nitrogen and oxygen atoms in total. The lowest BCUT2D eigenvalue weighted by atomic mass is 10.2. The summed E-state index contributed by atoms with van der Waals surface area (Å²) in [7, 11) is 0. The van der Waals surface area contributed by atoms with Crippen molar-refractivity contribution in [3.63, 3.8) is 0 Å². The van der Waals surface area contributed by atoms with Crippen LogP contribution in [-0.4, -0.2) is 35.2 Å². The standard InChI is InChI=1S/C13H21N5O/c14-8-3-9-18(10-4-1-2-5-10)12-7-6-11(13(15)19)16-17-12/h6-7,10H,1-5,8-9,14H2,(H2,15,19).